The van der Waals surface area contributed by atoms with Crippen molar-refractivity contribution in [2.45, 2.75) is 19.4 Å². The Morgan fingerprint density at radius 3 is 2.86 bits per heavy atom. The molecule has 1 aliphatic heterocycles. The van der Waals surface area contributed by atoms with Crippen LogP contribution in [-0.2, 0) is 4.79 Å². The number of carbonyl (C=O) groups is 2. The van der Waals surface area contributed by atoms with Gasteiger partial charge in [0, 0.05) is 25.5 Å². The third-order valence-corrected chi connectivity index (χ3v) is 4.74. The van der Waals surface area contributed by atoms with Crippen LogP contribution in [0.15, 0.2) is 12.4 Å². The van der Waals surface area contributed by atoms with Crippen molar-refractivity contribution in [1.29, 1.82) is 0 Å². The molecule has 2 amide bonds. The molecule has 0 aromatic carbocycles. The molecule has 1 fully saturated rings. The highest BCUT2D eigenvalue weighted by molar-refractivity contribution is 7.21. The van der Waals surface area contributed by atoms with Crippen molar-refractivity contribution >= 4 is 39.2 Å². The molecule has 0 saturated carbocycles. The predicted molar refractivity (Wildman–Crippen MR) is 80.0 cm³/mol. The first-order valence-electron chi connectivity index (χ1n) is 6.52. The molecule has 3 heterocycles. The van der Waals surface area contributed by atoms with E-state index in [9.17, 15) is 9.59 Å². The molecule has 1 saturated heterocycles. The Bertz CT molecular complexity index is 739. The molecule has 0 unspecified atom stereocenters. The molecular formula is C13H15N5O2S. The third kappa shape index (κ3) is 2.02. The Balaban J connectivity index is 2.04. The number of thiophene rings is 1. The Hall–Kier alpha value is -2.22. The van der Waals surface area contributed by atoms with Crippen molar-refractivity contribution in [2.75, 3.05) is 18.8 Å². The largest absolute Gasteiger partial charge is 0.396 e. The molecule has 1 aliphatic rings. The van der Waals surface area contributed by atoms with E-state index < -0.39 is 5.54 Å². The van der Waals surface area contributed by atoms with Crippen LogP contribution < -0.4 is 11.1 Å². The van der Waals surface area contributed by atoms with Gasteiger partial charge < -0.3 is 16.0 Å². The van der Waals surface area contributed by atoms with Crippen LogP contribution in [-0.4, -0.2) is 45.3 Å². The minimum atomic E-state index is -0.904. The molecule has 2 aromatic heterocycles. The van der Waals surface area contributed by atoms with E-state index in [0.29, 0.717) is 34.0 Å². The number of anilines is 1. The second-order valence-corrected chi connectivity index (χ2v) is 6.33. The minimum absolute atomic E-state index is 0.168. The van der Waals surface area contributed by atoms with Gasteiger partial charge in [0.2, 0.25) is 5.91 Å². The lowest BCUT2D eigenvalue weighted by Gasteiger charge is -2.40. The Morgan fingerprint density at radius 2 is 2.14 bits per heavy atom. The van der Waals surface area contributed by atoms with E-state index in [2.05, 4.69) is 15.3 Å². The maximum atomic E-state index is 12.8. The first-order valence-corrected chi connectivity index (χ1v) is 7.34. The Kier molecular flexibility index (Phi) is 3.05. The molecule has 0 radical (unpaired) electrons. The summed E-state index contributed by atoms with van der Waals surface area (Å²) in [6.45, 7) is 4.33. The maximum absolute atomic E-state index is 12.8. The van der Waals surface area contributed by atoms with Gasteiger partial charge in [0.05, 0.1) is 5.69 Å². The lowest BCUT2D eigenvalue weighted by Crippen LogP contribution is -2.63. The zero-order valence-electron chi connectivity index (χ0n) is 11.7. The van der Waals surface area contributed by atoms with Crippen molar-refractivity contribution in [3.8, 4) is 0 Å². The summed E-state index contributed by atoms with van der Waals surface area (Å²) in [6, 6.07) is 0. The van der Waals surface area contributed by atoms with Gasteiger partial charge in [0.1, 0.15) is 20.8 Å². The molecule has 110 valence electrons. The van der Waals surface area contributed by atoms with Crippen molar-refractivity contribution in [1.82, 2.24) is 20.2 Å². The topological polar surface area (TPSA) is 101 Å². The molecule has 21 heavy (non-hydrogen) atoms. The average Bonchev–Trinajstić information content (AvgIpc) is 2.79. The first kappa shape index (κ1) is 13.7. The molecule has 7 nitrogen and oxygen atoms in total. The van der Waals surface area contributed by atoms with Crippen LogP contribution in [0.4, 0.5) is 5.69 Å². The average molecular weight is 305 g/mol. The number of nitrogens with two attached hydrogens (primary N) is 1. The number of hydrogen-bond donors (Lipinski definition) is 2. The first-order chi connectivity index (χ1) is 9.93. The number of hydrogen-bond acceptors (Lipinski definition) is 6. The van der Waals surface area contributed by atoms with Gasteiger partial charge in [-0.25, -0.2) is 9.97 Å². The zero-order chi connectivity index (χ0) is 15.2. The second-order valence-electron chi connectivity index (χ2n) is 5.33. The summed E-state index contributed by atoms with van der Waals surface area (Å²) in [7, 11) is 0. The van der Waals surface area contributed by atoms with Crippen LogP contribution in [0.5, 0.6) is 0 Å². The minimum Gasteiger partial charge on any atom is -0.396 e. The summed E-state index contributed by atoms with van der Waals surface area (Å²) in [4.78, 5) is 35.6. The lowest BCUT2D eigenvalue weighted by atomic mass is 9.98. The van der Waals surface area contributed by atoms with Crippen molar-refractivity contribution < 1.29 is 9.59 Å². The molecule has 0 bridgehead atoms. The van der Waals surface area contributed by atoms with Crippen LogP contribution >= 0.6 is 11.3 Å². The highest BCUT2D eigenvalue weighted by Gasteiger charge is 2.41. The molecular weight excluding hydrogens is 290 g/mol. The maximum Gasteiger partial charge on any atom is 0.267 e. The van der Waals surface area contributed by atoms with E-state index in [1.807, 2.05) is 0 Å². The van der Waals surface area contributed by atoms with E-state index in [1.165, 1.54) is 17.5 Å². The van der Waals surface area contributed by atoms with E-state index in [1.54, 1.807) is 24.9 Å². The van der Waals surface area contributed by atoms with Gasteiger partial charge in [-0.05, 0) is 13.8 Å². The van der Waals surface area contributed by atoms with Crippen molar-refractivity contribution in [2.24, 2.45) is 0 Å². The standard InChI is InChI=1S/C13H15N5O2S/c1-13(2)12(20)17-5-6-18(13)11(19)9-7(14)8-10(21-9)16-4-3-15-8/h3-4H,5-6,14H2,1-2H3,(H,17,20). The summed E-state index contributed by atoms with van der Waals surface area (Å²) in [5.41, 5.74) is 5.99. The number of nitrogen functional groups attached to an aromatic ring is 1. The monoisotopic (exact) mass is 305 g/mol. The van der Waals surface area contributed by atoms with Crippen molar-refractivity contribution in [3.63, 3.8) is 0 Å². The van der Waals surface area contributed by atoms with Crippen LogP contribution in [0.1, 0.15) is 23.5 Å². The van der Waals surface area contributed by atoms with Gasteiger partial charge in [-0.2, -0.15) is 0 Å². The number of nitrogens with zero attached hydrogens (tertiary/aromatic N) is 3. The summed E-state index contributed by atoms with van der Waals surface area (Å²) in [6.07, 6.45) is 3.10. The van der Waals surface area contributed by atoms with E-state index in [-0.39, 0.29) is 11.8 Å². The van der Waals surface area contributed by atoms with Gasteiger partial charge in [-0.1, -0.05) is 0 Å². The third-order valence-electron chi connectivity index (χ3n) is 3.65. The van der Waals surface area contributed by atoms with Crippen LogP contribution in [0.25, 0.3) is 10.3 Å². The number of aromatic nitrogens is 2. The zero-order valence-corrected chi connectivity index (χ0v) is 12.5. The summed E-state index contributed by atoms with van der Waals surface area (Å²) in [5.74, 6) is -0.421. The molecule has 0 atom stereocenters. The number of rotatable bonds is 1. The highest BCUT2D eigenvalue weighted by atomic mass is 32.1. The number of fused-ring (bicyclic) bond motifs is 1. The molecule has 3 rings (SSSR count). The molecule has 0 spiro atoms. The van der Waals surface area contributed by atoms with E-state index in [0.717, 1.165) is 0 Å². The van der Waals surface area contributed by atoms with E-state index >= 15 is 0 Å². The fourth-order valence-corrected chi connectivity index (χ4v) is 3.35. The fraction of sp³-hybridized carbons (Fsp3) is 0.385. The number of carbonyl (C=O) groups excluding carboxylic acids is 2. The molecule has 2 aromatic rings. The SMILES string of the molecule is CC1(C)C(=O)NCCN1C(=O)c1sc2nccnc2c1N. The molecule has 3 N–H and O–H groups in total. The van der Waals surface area contributed by atoms with Gasteiger partial charge >= 0.3 is 0 Å². The molecule has 0 aliphatic carbocycles. The summed E-state index contributed by atoms with van der Waals surface area (Å²) < 4.78 is 0. The summed E-state index contributed by atoms with van der Waals surface area (Å²) >= 11 is 1.21. The fourth-order valence-electron chi connectivity index (χ4n) is 2.38. The number of nitrogens with one attached hydrogen (secondary N) is 1. The predicted octanol–water partition coefficient (Wildman–Crippen LogP) is 0.624. The molecule has 8 heteroatoms. The van der Waals surface area contributed by atoms with Crippen molar-refractivity contribution in [3.05, 3.63) is 17.3 Å². The normalized spacial score (nSPS) is 17.8. The second kappa shape index (κ2) is 4.66. The van der Waals surface area contributed by atoms with Gasteiger partial charge in [0.25, 0.3) is 5.91 Å². The lowest BCUT2D eigenvalue weighted by molar-refractivity contribution is -0.133. The highest BCUT2D eigenvalue weighted by Crippen LogP contribution is 2.33. The van der Waals surface area contributed by atoms with E-state index in [4.69, 9.17) is 5.73 Å². The van der Waals surface area contributed by atoms with Crippen LogP contribution in [0.3, 0.4) is 0 Å². The van der Waals surface area contributed by atoms with Gasteiger partial charge in [-0.15, -0.1) is 11.3 Å². The Morgan fingerprint density at radius 1 is 1.43 bits per heavy atom. The van der Waals surface area contributed by atoms with Gasteiger partial charge in [-0.3, -0.25) is 9.59 Å². The number of amides is 2. The van der Waals surface area contributed by atoms with Crippen LogP contribution in [0.2, 0.25) is 0 Å². The summed E-state index contributed by atoms with van der Waals surface area (Å²) in [5, 5.41) is 2.76. The van der Waals surface area contributed by atoms with Crippen LogP contribution in [0, 0.1) is 0 Å². The van der Waals surface area contributed by atoms with Gasteiger partial charge in [0.15, 0.2) is 0 Å². The smallest absolute Gasteiger partial charge is 0.267 e. The quantitative estimate of drug-likeness (QED) is 0.804. The Labute approximate surface area is 125 Å². The number of piperazine rings is 1.